The summed E-state index contributed by atoms with van der Waals surface area (Å²) in [5, 5.41) is 0. The van der Waals surface area contributed by atoms with E-state index in [9.17, 15) is 4.79 Å². The van der Waals surface area contributed by atoms with Crippen LogP contribution in [-0.2, 0) is 4.74 Å². The Kier molecular flexibility index (Phi) is 5.28. The molecule has 3 heteroatoms. The second-order valence-corrected chi connectivity index (χ2v) is 4.44. The Balaban J connectivity index is 3.85. The van der Waals surface area contributed by atoms with E-state index in [1.807, 2.05) is 6.08 Å². The van der Waals surface area contributed by atoms with Crippen LogP contribution in [-0.4, -0.2) is 31.7 Å². The van der Waals surface area contributed by atoms with Gasteiger partial charge in [-0.3, -0.25) is 0 Å². The van der Waals surface area contributed by atoms with Gasteiger partial charge in [-0.25, -0.2) is 4.79 Å². The molecule has 3 nitrogen and oxygen atoms in total. The molecule has 14 heavy (non-hydrogen) atoms. The Morgan fingerprint density at radius 3 is 2.50 bits per heavy atom. The Morgan fingerprint density at radius 2 is 2.07 bits per heavy atom. The van der Waals surface area contributed by atoms with Gasteiger partial charge in [0.15, 0.2) is 0 Å². The van der Waals surface area contributed by atoms with Gasteiger partial charge in [-0.1, -0.05) is 19.9 Å². The highest BCUT2D eigenvalue weighted by molar-refractivity contribution is 5.66. The third-order valence-electron chi connectivity index (χ3n) is 1.98. The maximum Gasteiger partial charge on any atom is 0.409 e. The van der Waals surface area contributed by atoms with Gasteiger partial charge in [-0.2, -0.15) is 0 Å². The zero-order chi connectivity index (χ0) is 11.2. The van der Waals surface area contributed by atoms with E-state index in [2.05, 4.69) is 20.4 Å². The first-order chi connectivity index (χ1) is 6.39. The monoisotopic (exact) mass is 199 g/mol. The molecule has 0 atom stereocenters. The van der Waals surface area contributed by atoms with Crippen molar-refractivity contribution < 1.29 is 9.53 Å². The van der Waals surface area contributed by atoms with Crippen LogP contribution >= 0.6 is 0 Å². The summed E-state index contributed by atoms with van der Waals surface area (Å²) in [5.74, 6) is 0. The summed E-state index contributed by atoms with van der Waals surface area (Å²) in [4.78, 5) is 12.6. The molecule has 0 aliphatic carbocycles. The minimum atomic E-state index is -0.281. The van der Waals surface area contributed by atoms with Crippen LogP contribution in [0.15, 0.2) is 12.7 Å². The first kappa shape index (κ1) is 13.0. The largest absolute Gasteiger partial charge is 0.449 e. The summed E-state index contributed by atoms with van der Waals surface area (Å²) in [6.07, 6.45) is 3.54. The van der Waals surface area contributed by atoms with Crippen molar-refractivity contribution in [2.24, 2.45) is 5.41 Å². The van der Waals surface area contributed by atoms with Gasteiger partial charge in [0, 0.05) is 14.1 Å². The quantitative estimate of drug-likeness (QED) is 0.637. The molecule has 0 aromatic rings. The molecule has 0 radical (unpaired) electrons. The average Bonchev–Trinajstić information content (AvgIpc) is 2.11. The molecular weight excluding hydrogens is 178 g/mol. The molecule has 1 amide bonds. The minimum absolute atomic E-state index is 0.0276. The third kappa shape index (κ3) is 5.62. The molecule has 0 aromatic heterocycles. The van der Waals surface area contributed by atoms with Gasteiger partial charge >= 0.3 is 6.09 Å². The molecule has 0 fully saturated rings. The molecule has 82 valence electrons. The summed E-state index contributed by atoms with van der Waals surface area (Å²) >= 11 is 0. The number of amides is 1. The summed E-state index contributed by atoms with van der Waals surface area (Å²) in [7, 11) is 3.36. The van der Waals surface area contributed by atoms with Crippen molar-refractivity contribution in [3.05, 3.63) is 12.7 Å². The van der Waals surface area contributed by atoms with Crippen molar-refractivity contribution in [2.75, 3.05) is 20.7 Å². The van der Waals surface area contributed by atoms with Gasteiger partial charge in [-0.05, 0) is 18.3 Å². The normalized spacial score (nSPS) is 10.9. The second-order valence-electron chi connectivity index (χ2n) is 4.44. The Morgan fingerprint density at radius 1 is 1.50 bits per heavy atom. The van der Waals surface area contributed by atoms with E-state index in [0.29, 0.717) is 6.61 Å². The first-order valence-corrected chi connectivity index (χ1v) is 4.84. The number of nitrogens with zero attached hydrogens (tertiary/aromatic N) is 1. The summed E-state index contributed by atoms with van der Waals surface area (Å²) in [6.45, 7) is 8.29. The van der Waals surface area contributed by atoms with Gasteiger partial charge in [0.1, 0.15) is 0 Å². The highest BCUT2D eigenvalue weighted by Gasteiger charge is 2.19. The zero-order valence-electron chi connectivity index (χ0n) is 9.67. The van der Waals surface area contributed by atoms with Gasteiger partial charge in [0.2, 0.25) is 0 Å². The lowest BCUT2D eigenvalue weighted by Crippen LogP contribution is -2.28. The van der Waals surface area contributed by atoms with E-state index in [1.54, 1.807) is 14.1 Å². The van der Waals surface area contributed by atoms with E-state index in [-0.39, 0.29) is 11.5 Å². The van der Waals surface area contributed by atoms with E-state index in [1.165, 1.54) is 4.90 Å². The van der Waals surface area contributed by atoms with Crippen molar-refractivity contribution in [3.63, 3.8) is 0 Å². The van der Waals surface area contributed by atoms with Crippen molar-refractivity contribution in [1.29, 1.82) is 0 Å². The van der Waals surface area contributed by atoms with Crippen molar-refractivity contribution in [3.8, 4) is 0 Å². The molecule has 0 aliphatic rings. The maximum atomic E-state index is 11.1. The minimum Gasteiger partial charge on any atom is -0.449 e. The average molecular weight is 199 g/mol. The third-order valence-corrected chi connectivity index (χ3v) is 1.98. The molecule has 0 N–H and O–H groups in total. The first-order valence-electron chi connectivity index (χ1n) is 4.84. The molecule has 0 rings (SSSR count). The standard InChI is InChI=1S/C11H21NO2/c1-6-7-8-11(2,3)9-14-10(13)12(4)5/h6H,1,7-9H2,2-5H3. The van der Waals surface area contributed by atoms with Crippen LogP contribution in [0.25, 0.3) is 0 Å². The fourth-order valence-corrected chi connectivity index (χ4v) is 0.951. The molecule has 0 bridgehead atoms. The smallest absolute Gasteiger partial charge is 0.409 e. The van der Waals surface area contributed by atoms with Crippen molar-refractivity contribution in [1.82, 2.24) is 4.90 Å². The molecule has 0 saturated carbocycles. The van der Waals surface area contributed by atoms with Gasteiger partial charge in [0.05, 0.1) is 6.61 Å². The summed E-state index contributed by atoms with van der Waals surface area (Å²) < 4.78 is 5.12. The number of ether oxygens (including phenoxy) is 1. The van der Waals surface area contributed by atoms with Crippen LogP contribution in [0.5, 0.6) is 0 Å². The van der Waals surface area contributed by atoms with Crippen LogP contribution in [0.3, 0.4) is 0 Å². The van der Waals surface area contributed by atoms with E-state index in [4.69, 9.17) is 4.74 Å². The molecule has 0 aromatic carbocycles. The van der Waals surface area contributed by atoms with Crippen molar-refractivity contribution >= 4 is 6.09 Å². The van der Waals surface area contributed by atoms with Crippen LogP contribution in [0, 0.1) is 5.41 Å². The van der Waals surface area contributed by atoms with E-state index < -0.39 is 0 Å². The van der Waals surface area contributed by atoms with Crippen molar-refractivity contribution in [2.45, 2.75) is 26.7 Å². The van der Waals surface area contributed by atoms with Crippen LogP contribution in [0.4, 0.5) is 4.79 Å². The fourth-order valence-electron chi connectivity index (χ4n) is 0.951. The maximum absolute atomic E-state index is 11.1. The highest BCUT2D eigenvalue weighted by Crippen LogP contribution is 2.22. The summed E-state index contributed by atoms with van der Waals surface area (Å²) in [6, 6.07) is 0. The van der Waals surface area contributed by atoms with Gasteiger partial charge < -0.3 is 9.64 Å². The van der Waals surface area contributed by atoms with Crippen LogP contribution in [0.2, 0.25) is 0 Å². The predicted molar refractivity (Wildman–Crippen MR) is 58.2 cm³/mol. The lowest BCUT2D eigenvalue weighted by Gasteiger charge is -2.24. The van der Waals surface area contributed by atoms with Gasteiger partial charge in [-0.15, -0.1) is 6.58 Å². The second kappa shape index (κ2) is 5.68. The summed E-state index contributed by atoms with van der Waals surface area (Å²) in [5.41, 5.74) is 0.0276. The van der Waals surface area contributed by atoms with E-state index in [0.717, 1.165) is 12.8 Å². The molecule has 0 heterocycles. The Bertz CT molecular complexity index is 197. The lowest BCUT2D eigenvalue weighted by molar-refractivity contribution is 0.0752. The number of rotatable bonds is 5. The van der Waals surface area contributed by atoms with Crippen LogP contribution in [0.1, 0.15) is 26.7 Å². The predicted octanol–water partition coefficient (Wildman–Crippen LogP) is 2.68. The molecule has 0 unspecified atom stereocenters. The molecule has 0 saturated heterocycles. The molecule has 0 spiro atoms. The number of carbonyl (C=O) groups is 1. The number of allylic oxidation sites excluding steroid dienone is 1. The number of hydrogen-bond acceptors (Lipinski definition) is 2. The highest BCUT2D eigenvalue weighted by atomic mass is 16.6. The number of carbonyl (C=O) groups excluding carboxylic acids is 1. The lowest BCUT2D eigenvalue weighted by atomic mass is 9.89. The zero-order valence-corrected chi connectivity index (χ0v) is 9.67. The molecular formula is C11H21NO2. The molecule has 0 aliphatic heterocycles. The van der Waals surface area contributed by atoms with Crippen LogP contribution < -0.4 is 0 Å². The SMILES string of the molecule is C=CCCC(C)(C)COC(=O)N(C)C. The van der Waals surface area contributed by atoms with E-state index >= 15 is 0 Å². The van der Waals surface area contributed by atoms with Gasteiger partial charge in [0.25, 0.3) is 0 Å². The Hall–Kier alpha value is -0.990. The number of hydrogen-bond donors (Lipinski definition) is 0. The fraction of sp³-hybridized carbons (Fsp3) is 0.727. The Labute approximate surface area is 86.7 Å². The topological polar surface area (TPSA) is 29.5 Å².